The second kappa shape index (κ2) is 10.00. The largest absolute Gasteiger partial charge is 0.376 e. The van der Waals surface area contributed by atoms with Crippen LogP contribution in [-0.2, 0) is 4.74 Å². The molecule has 0 spiro atoms. The fourth-order valence-corrected chi connectivity index (χ4v) is 4.56. The molecule has 0 saturated carbocycles. The number of amides is 1. The van der Waals surface area contributed by atoms with Crippen LogP contribution in [-0.4, -0.2) is 48.1 Å². The average Bonchev–Trinajstić information content (AvgIpc) is 3.29. The lowest BCUT2D eigenvalue weighted by Gasteiger charge is -2.37. The number of hydrogen-bond donors (Lipinski definition) is 2. The summed E-state index contributed by atoms with van der Waals surface area (Å²) in [5, 5.41) is 8.16. The van der Waals surface area contributed by atoms with Crippen LogP contribution in [0.1, 0.15) is 28.2 Å². The summed E-state index contributed by atoms with van der Waals surface area (Å²) >= 11 is 1.69. The minimum atomic E-state index is -0.356. The van der Waals surface area contributed by atoms with E-state index in [0.29, 0.717) is 30.2 Å². The van der Waals surface area contributed by atoms with Gasteiger partial charge in [-0.25, -0.2) is 9.37 Å². The van der Waals surface area contributed by atoms with E-state index in [1.54, 1.807) is 41.8 Å². The number of ether oxygens (including phenoxy) is 1. The van der Waals surface area contributed by atoms with Crippen LogP contribution < -0.4 is 10.6 Å². The molecule has 2 aromatic heterocycles. The average molecular weight is 441 g/mol. The molecule has 2 unspecified atom stereocenters. The molecule has 0 radical (unpaired) electrons. The lowest BCUT2D eigenvalue weighted by Crippen LogP contribution is -2.46. The summed E-state index contributed by atoms with van der Waals surface area (Å²) in [5.41, 5.74) is 0.943. The van der Waals surface area contributed by atoms with E-state index in [2.05, 4.69) is 38.9 Å². The Balaban J connectivity index is 1.48. The van der Waals surface area contributed by atoms with Crippen LogP contribution >= 0.6 is 11.3 Å². The van der Waals surface area contributed by atoms with Crippen molar-refractivity contribution in [3.63, 3.8) is 0 Å². The van der Waals surface area contributed by atoms with E-state index in [-0.39, 0.29) is 23.9 Å². The highest BCUT2D eigenvalue weighted by Crippen LogP contribution is 2.27. The minimum Gasteiger partial charge on any atom is -0.376 e. The van der Waals surface area contributed by atoms with Gasteiger partial charge >= 0.3 is 0 Å². The van der Waals surface area contributed by atoms with E-state index in [1.165, 1.54) is 17.0 Å². The van der Waals surface area contributed by atoms with Crippen LogP contribution in [0.2, 0.25) is 0 Å². The topological polar surface area (TPSA) is 66.5 Å². The first-order valence-corrected chi connectivity index (χ1v) is 11.1. The van der Waals surface area contributed by atoms with Crippen molar-refractivity contribution < 1.29 is 13.9 Å². The third kappa shape index (κ3) is 5.46. The summed E-state index contributed by atoms with van der Waals surface area (Å²) in [6.07, 6.45) is 1.76. The number of aromatic nitrogens is 1. The normalized spacial score (nSPS) is 17.8. The quantitative estimate of drug-likeness (QED) is 0.576. The molecule has 3 aromatic rings. The highest BCUT2D eigenvalue weighted by atomic mass is 32.1. The molecule has 2 N–H and O–H groups in total. The van der Waals surface area contributed by atoms with Gasteiger partial charge in [0.05, 0.1) is 24.3 Å². The van der Waals surface area contributed by atoms with Crippen LogP contribution in [0.5, 0.6) is 0 Å². The third-order valence-corrected chi connectivity index (χ3v) is 6.15. The Kier molecular flexibility index (Phi) is 6.91. The zero-order valence-corrected chi connectivity index (χ0v) is 18.1. The van der Waals surface area contributed by atoms with Crippen molar-refractivity contribution in [2.24, 2.45) is 0 Å². The van der Waals surface area contributed by atoms with E-state index in [9.17, 15) is 9.18 Å². The summed E-state index contributed by atoms with van der Waals surface area (Å²) in [4.78, 5) is 20.9. The standard InChI is InChI=1S/C23H25FN4O2S/c1-16-15-28(10-11-30-16)20(21-8-4-12-31-21)14-26-23(29)19-7-3-9-25-22(19)27-18-6-2-5-17(24)13-18/h2-9,12-13,16,20H,10-11,14-15H2,1H3,(H,25,27)(H,26,29). The smallest absolute Gasteiger partial charge is 0.255 e. The lowest BCUT2D eigenvalue weighted by molar-refractivity contribution is -0.0336. The van der Waals surface area contributed by atoms with Gasteiger partial charge in [0, 0.05) is 36.4 Å². The molecule has 1 aliphatic heterocycles. The molecule has 2 atom stereocenters. The Morgan fingerprint density at radius 3 is 3.00 bits per heavy atom. The van der Waals surface area contributed by atoms with E-state index in [0.717, 1.165) is 13.1 Å². The van der Waals surface area contributed by atoms with Gasteiger partial charge in [0.2, 0.25) is 0 Å². The maximum absolute atomic E-state index is 13.5. The van der Waals surface area contributed by atoms with E-state index in [4.69, 9.17) is 4.74 Å². The number of thiophene rings is 1. The van der Waals surface area contributed by atoms with Crippen molar-refractivity contribution in [2.45, 2.75) is 19.1 Å². The Hall–Kier alpha value is -2.81. The summed E-state index contributed by atoms with van der Waals surface area (Å²) in [6, 6.07) is 13.7. The van der Waals surface area contributed by atoms with Crippen LogP contribution in [0, 0.1) is 5.82 Å². The molecule has 0 bridgehead atoms. The number of benzene rings is 1. The Morgan fingerprint density at radius 1 is 1.32 bits per heavy atom. The summed E-state index contributed by atoms with van der Waals surface area (Å²) in [7, 11) is 0. The zero-order valence-electron chi connectivity index (χ0n) is 17.3. The van der Waals surface area contributed by atoms with Gasteiger partial charge in [0.1, 0.15) is 11.6 Å². The van der Waals surface area contributed by atoms with Gasteiger partial charge in [0.15, 0.2) is 0 Å². The highest BCUT2D eigenvalue weighted by Gasteiger charge is 2.27. The number of hydrogen-bond acceptors (Lipinski definition) is 6. The summed E-state index contributed by atoms with van der Waals surface area (Å²) in [5.74, 6) is -0.196. The summed E-state index contributed by atoms with van der Waals surface area (Å²) < 4.78 is 19.2. The molecule has 1 amide bonds. The molecule has 4 rings (SSSR count). The number of nitrogens with one attached hydrogen (secondary N) is 2. The van der Waals surface area contributed by atoms with Gasteiger partial charge in [-0.2, -0.15) is 0 Å². The number of carbonyl (C=O) groups is 1. The first-order valence-electron chi connectivity index (χ1n) is 10.2. The van der Waals surface area contributed by atoms with Crippen molar-refractivity contribution >= 4 is 28.7 Å². The van der Waals surface area contributed by atoms with Gasteiger partial charge in [-0.15, -0.1) is 11.3 Å². The first kappa shape index (κ1) is 21.4. The molecule has 3 heterocycles. The van der Waals surface area contributed by atoms with Crippen molar-refractivity contribution in [1.82, 2.24) is 15.2 Å². The predicted octanol–water partition coefficient (Wildman–Crippen LogP) is 4.22. The molecule has 1 aromatic carbocycles. The lowest BCUT2D eigenvalue weighted by atomic mass is 10.1. The Bertz CT molecular complexity index is 1010. The van der Waals surface area contributed by atoms with E-state index in [1.807, 2.05) is 6.07 Å². The molecular formula is C23H25FN4O2S. The van der Waals surface area contributed by atoms with Gasteiger partial charge in [-0.1, -0.05) is 12.1 Å². The Morgan fingerprint density at radius 2 is 2.23 bits per heavy atom. The van der Waals surface area contributed by atoms with Crippen molar-refractivity contribution in [1.29, 1.82) is 0 Å². The fraction of sp³-hybridized carbons (Fsp3) is 0.304. The second-order valence-electron chi connectivity index (χ2n) is 7.45. The van der Waals surface area contributed by atoms with E-state index >= 15 is 0 Å². The monoisotopic (exact) mass is 440 g/mol. The predicted molar refractivity (Wildman–Crippen MR) is 120 cm³/mol. The molecule has 6 nitrogen and oxygen atoms in total. The SMILES string of the molecule is CC1CN(C(CNC(=O)c2cccnc2Nc2cccc(F)c2)c2cccs2)CCO1. The number of halogens is 1. The number of anilines is 2. The molecule has 1 saturated heterocycles. The molecule has 8 heteroatoms. The molecule has 1 fully saturated rings. The molecule has 162 valence electrons. The van der Waals surface area contributed by atoms with Crippen molar-refractivity contribution in [3.05, 3.63) is 76.4 Å². The van der Waals surface area contributed by atoms with E-state index < -0.39 is 0 Å². The fourth-order valence-electron chi connectivity index (χ4n) is 3.69. The maximum Gasteiger partial charge on any atom is 0.255 e. The van der Waals surface area contributed by atoms with Gasteiger partial charge in [-0.3, -0.25) is 9.69 Å². The number of carbonyl (C=O) groups excluding carboxylic acids is 1. The van der Waals surface area contributed by atoms with Crippen LogP contribution in [0.4, 0.5) is 15.9 Å². The second-order valence-corrected chi connectivity index (χ2v) is 8.43. The summed E-state index contributed by atoms with van der Waals surface area (Å²) in [6.45, 7) is 4.86. The zero-order chi connectivity index (χ0) is 21.6. The molecule has 0 aliphatic carbocycles. The maximum atomic E-state index is 13.5. The first-order chi connectivity index (χ1) is 15.1. The van der Waals surface area contributed by atoms with Gasteiger partial charge in [-0.05, 0) is 48.7 Å². The number of rotatable bonds is 7. The molecule has 31 heavy (non-hydrogen) atoms. The van der Waals surface area contributed by atoms with Crippen LogP contribution in [0.25, 0.3) is 0 Å². The third-order valence-electron chi connectivity index (χ3n) is 5.18. The van der Waals surface area contributed by atoms with Crippen molar-refractivity contribution in [3.8, 4) is 0 Å². The molecular weight excluding hydrogens is 415 g/mol. The molecule has 1 aliphatic rings. The Labute approximate surface area is 185 Å². The minimum absolute atomic E-state index is 0.0756. The number of nitrogens with zero attached hydrogens (tertiary/aromatic N) is 2. The van der Waals surface area contributed by atoms with Gasteiger partial charge in [0.25, 0.3) is 5.91 Å². The highest BCUT2D eigenvalue weighted by molar-refractivity contribution is 7.10. The van der Waals surface area contributed by atoms with Crippen molar-refractivity contribution in [2.75, 3.05) is 31.6 Å². The van der Waals surface area contributed by atoms with Crippen LogP contribution in [0.15, 0.2) is 60.1 Å². The number of morpholine rings is 1. The van der Waals surface area contributed by atoms with Gasteiger partial charge < -0.3 is 15.4 Å². The van der Waals surface area contributed by atoms with Crippen LogP contribution in [0.3, 0.4) is 0 Å². The number of pyridine rings is 1.